The molecule has 1 amide bonds. The molecule has 1 fully saturated rings. The van der Waals surface area contributed by atoms with Gasteiger partial charge in [0.1, 0.15) is 0 Å². The maximum atomic E-state index is 13.2. The third kappa shape index (κ3) is 6.35. The third-order valence-corrected chi connectivity index (χ3v) is 9.23. The lowest BCUT2D eigenvalue weighted by Gasteiger charge is -2.32. The number of hydrogen-bond acceptors (Lipinski definition) is 7. The number of carbonyl (C=O) groups excluding carboxylic acids is 1. The number of nitrogens with zero attached hydrogens (tertiary/aromatic N) is 3. The van der Waals surface area contributed by atoms with Gasteiger partial charge in [0.25, 0.3) is 5.91 Å². The van der Waals surface area contributed by atoms with Gasteiger partial charge in [-0.05, 0) is 60.6 Å². The van der Waals surface area contributed by atoms with E-state index in [9.17, 15) is 13.2 Å². The first kappa shape index (κ1) is 26.4. The van der Waals surface area contributed by atoms with Gasteiger partial charge in [-0.1, -0.05) is 50.3 Å². The predicted octanol–water partition coefficient (Wildman–Crippen LogP) is 5.37. The summed E-state index contributed by atoms with van der Waals surface area (Å²) >= 11 is 1.78. The van der Waals surface area contributed by atoms with Crippen LogP contribution in [0, 0.1) is 0 Å². The summed E-state index contributed by atoms with van der Waals surface area (Å²) in [6.07, 6.45) is 5.51. The van der Waals surface area contributed by atoms with Gasteiger partial charge in [-0.25, -0.2) is 8.42 Å². The summed E-state index contributed by atoms with van der Waals surface area (Å²) in [7, 11) is -3.63. The zero-order valence-corrected chi connectivity index (χ0v) is 22.3. The fourth-order valence-corrected chi connectivity index (χ4v) is 6.85. The van der Waals surface area contributed by atoms with Crippen molar-refractivity contribution in [3.05, 3.63) is 65.5 Å². The van der Waals surface area contributed by atoms with Crippen molar-refractivity contribution in [1.82, 2.24) is 14.5 Å². The SMILES string of the molecule is CCSc1ccc(Cc2nnc(NC(=O)c3ccc(S(=O)(=O)N(CC)C4CCCCC4)cc3)o2)cc1. The maximum absolute atomic E-state index is 13.2. The van der Waals surface area contributed by atoms with Crippen LogP contribution in [-0.2, 0) is 16.4 Å². The molecule has 0 atom stereocenters. The first-order chi connectivity index (χ1) is 17.4. The Morgan fingerprint density at radius 1 is 1.03 bits per heavy atom. The van der Waals surface area contributed by atoms with E-state index < -0.39 is 15.9 Å². The molecule has 1 aliphatic rings. The fourth-order valence-electron chi connectivity index (χ4n) is 4.50. The number of amides is 1. The average Bonchev–Trinajstić information content (AvgIpc) is 3.33. The highest BCUT2D eigenvalue weighted by Crippen LogP contribution is 2.28. The number of carbonyl (C=O) groups is 1. The van der Waals surface area contributed by atoms with Gasteiger partial charge in [0, 0.05) is 23.0 Å². The number of rotatable bonds is 10. The van der Waals surface area contributed by atoms with Crippen LogP contribution in [0.25, 0.3) is 0 Å². The van der Waals surface area contributed by atoms with Gasteiger partial charge in [0.15, 0.2) is 0 Å². The molecule has 0 unspecified atom stereocenters. The van der Waals surface area contributed by atoms with Crippen molar-refractivity contribution in [1.29, 1.82) is 0 Å². The van der Waals surface area contributed by atoms with Crippen LogP contribution in [-0.4, -0.2) is 47.2 Å². The van der Waals surface area contributed by atoms with E-state index in [0.717, 1.165) is 43.4 Å². The van der Waals surface area contributed by atoms with Crippen LogP contribution in [0.15, 0.2) is 62.7 Å². The zero-order chi connectivity index (χ0) is 25.5. The highest BCUT2D eigenvalue weighted by atomic mass is 32.2. The number of sulfonamides is 1. The van der Waals surface area contributed by atoms with Gasteiger partial charge < -0.3 is 4.42 Å². The van der Waals surface area contributed by atoms with Crippen molar-refractivity contribution in [2.24, 2.45) is 0 Å². The Kier molecular flexibility index (Phi) is 8.81. The topological polar surface area (TPSA) is 105 Å². The lowest BCUT2D eigenvalue weighted by Crippen LogP contribution is -2.41. The minimum absolute atomic E-state index is 0.000636. The van der Waals surface area contributed by atoms with Crippen molar-refractivity contribution in [3.63, 3.8) is 0 Å². The second-order valence-corrected chi connectivity index (χ2v) is 12.0. The summed E-state index contributed by atoms with van der Waals surface area (Å²) in [5.41, 5.74) is 1.33. The number of benzene rings is 2. The molecule has 1 N–H and O–H groups in total. The Bertz CT molecular complexity index is 1250. The number of nitrogens with one attached hydrogen (secondary N) is 1. The first-order valence-electron chi connectivity index (χ1n) is 12.4. The quantitative estimate of drug-likeness (QED) is 0.353. The molecule has 4 rings (SSSR count). The molecule has 0 saturated heterocycles. The standard InChI is InChI=1S/C26H32N4O4S2/c1-3-30(21-8-6-5-7-9-21)36(32,33)23-16-12-20(13-17-23)25(31)27-26-29-28-24(34-26)18-19-10-14-22(15-11-19)35-4-2/h10-17,21H,3-9,18H2,1-2H3,(H,27,29,31). The normalized spacial score (nSPS) is 14.8. The van der Waals surface area contributed by atoms with Crippen LogP contribution < -0.4 is 5.32 Å². The fraction of sp³-hybridized carbons (Fsp3) is 0.423. The first-order valence-corrected chi connectivity index (χ1v) is 14.8. The highest BCUT2D eigenvalue weighted by molar-refractivity contribution is 7.99. The van der Waals surface area contributed by atoms with E-state index in [-0.39, 0.29) is 17.0 Å². The summed E-state index contributed by atoms with van der Waals surface area (Å²) in [6.45, 7) is 4.41. The van der Waals surface area contributed by atoms with Gasteiger partial charge in [0.2, 0.25) is 15.9 Å². The van der Waals surface area contributed by atoms with Gasteiger partial charge in [0.05, 0.1) is 11.3 Å². The van der Waals surface area contributed by atoms with Gasteiger partial charge in [-0.2, -0.15) is 4.31 Å². The Balaban J connectivity index is 1.38. The van der Waals surface area contributed by atoms with E-state index in [2.05, 4.69) is 34.6 Å². The highest BCUT2D eigenvalue weighted by Gasteiger charge is 2.31. The summed E-state index contributed by atoms with van der Waals surface area (Å²) in [5, 5.41) is 10.5. The minimum Gasteiger partial charge on any atom is -0.407 e. The molecule has 0 spiro atoms. The monoisotopic (exact) mass is 528 g/mol. The Morgan fingerprint density at radius 2 is 1.72 bits per heavy atom. The predicted molar refractivity (Wildman–Crippen MR) is 141 cm³/mol. The molecule has 0 bridgehead atoms. The van der Waals surface area contributed by atoms with Crippen molar-refractivity contribution in [3.8, 4) is 0 Å². The van der Waals surface area contributed by atoms with Crippen molar-refractivity contribution >= 4 is 33.7 Å². The Morgan fingerprint density at radius 3 is 2.36 bits per heavy atom. The lowest BCUT2D eigenvalue weighted by molar-refractivity contribution is 0.102. The second kappa shape index (κ2) is 12.0. The molecule has 1 aliphatic carbocycles. The summed E-state index contributed by atoms with van der Waals surface area (Å²) in [5.74, 6) is 0.960. The molecule has 192 valence electrons. The lowest BCUT2D eigenvalue weighted by atomic mass is 9.95. The van der Waals surface area contributed by atoms with Crippen LogP contribution in [0.3, 0.4) is 0 Å². The average molecular weight is 529 g/mol. The van der Waals surface area contributed by atoms with E-state index in [4.69, 9.17) is 4.42 Å². The molecular formula is C26H32N4O4S2. The van der Waals surface area contributed by atoms with Gasteiger partial charge >= 0.3 is 6.01 Å². The maximum Gasteiger partial charge on any atom is 0.322 e. The van der Waals surface area contributed by atoms with E-state index in [0.29, 0.717) is 24.4 Å². The van der Waals surface area contributed by atoms with E-state index in [1.54, 1.807) is 16.1 Å². The van der Waals surface area contributed by atoms with Crippen LogP contribution in [0.1, 0.15) is 67.8 Å². The molecule has 8 nitrogen and oxygen atoms in total. The van der Waals surface area contributed by atoms with E-state index in [1.807, 2.05) is 19.1 Å². The number of anilines is 1. The third-order valence-electron chi connectivity index (χ3n) is 6.29. The second-order valence-electron chi connectivity index (χ2n) is 8.73. The molecule has 36 heavy (non-hydrogen) atoms. The van der Waals surface area contributed by atoms with Gasteiger partial charge in [-0.15, -0.1) is 16.9 Å². The number of aromatic nitrogens is 2. The van der Waals surface area contributed by atoms with E-state index >= 15 is 0 Å². The van der Waals surface area contributed by atoms with Crippen molar-refractivity contribution in [2.75, 3.05) is 17.6 Å². The molecule has 0 radical (unpaired) electrons. The Hall–Kier alpha value is -2.69. The van der Waals surface area contributed by atoms with Crippen LogP contribution in [0.2, 0.25) is 0 Å². The Labute approximate surface area is 216 Å². The molecule has 10 heteroatoms. The smallest absolute Gasteiger partial charge is 0.322 e. The van der Waals surface area contributed by atoms with Crippen LogP contribution in [0.5, 0.6) is 0 Å². The van der Waals surface area contributed by atoms with Crippen molar-refractivity contribution in [2.45, 2.75) is 68.2 Å². The molecule has 1 heterocycles. The van der Waals surface area contributed by atoms with Crippen molar-refractivity contribution < 1.29 is 17.6 Å². The molecule has 1 aromatic heterocycles. The summed E-state index contributed by atoms with van der Waals surface area (Å²) in [4.78, 5) is 14.1. The largest absolute Gasteiger partial charge is 0.407 e. The molecule has 1 saturated carbocycles. The van der Waals surface area contributed by atoms with Crippen LogP contribution >= 0.6 is 11.8 Å². The summed E-state index contributed by atoms with van der Waals surface area (Å²) < 4.78 is 33.6. The molecular weight excluding hydrogens is 496 g/mol. The number of hydrogen-bond donors (Lipinski definition) is 1. The van der Waals surface area contributed by atoms with E-state index in [1.165, 1.54) is 29.2 Å². The number of thioether (sulfide) groups is 1. The van der Waals surface area contributed by atoms with Crippen LogP contribution in [0.4, 0.5) is 6.01 Å². The molecule has 3 aromatic rings. The molecule has 0 aliphatic heterocycles. The summed E-state index contributed by atoms with van der Waals surface area (Å²) in [6, 6.07) is 14.2. The molecule has 2 aromatic carbocycles. The zero-order valence-electron chi connectivity index (χ0n) is 20.6. The minimum atomic E-state index is -3.63. The van der Waals surface area contributed by atoms with Gasteiger partial charge in [-0.3, -0.25) is 10.1 Å².